The van der Waals surface area contributed by atoms with Crippen LogP contribution in [0.2, 0.25) is 0 Å². The Morgan fingerprint density at radius 2 is 1.21 bits per heavy atom. The minimum atomic E-state index is 0.00521. The van der Waals surface area contributed by atoms with Gasteiger partial charge in [-0.3, -0.25) is 20.7 Å². The second kappa shape index (κ2) is 11.3. The zero-order chi connectivity index (χ0) is 27.4. The zero-order valence-electron chi connectivity index (χ0n) is 22.4. The van der Waals surface area contributed by atoms with Gasteiger partial charge in [-0.05, 0) is 38.6 Å². The topological polar surface area (TPSA) is 63.3 Å². The van der Waals surface area contributed by atoms with Gasteiger partial charge in [0.05, 0.1) is 24.3 Å². The van der Waals surface area contributed by atoms with Gasteiger partial charge in [-0.15, -0.1) is 6.58 Å². The molecule has 0 saturated heterocycles. The molecule has 0 atom stereocenters. The van der Waals surface area contributed by atoms with Gasteiger partial charge < -0.3 is 0 Å². The van der Waals surface area contributed by atoms with E-state index in [1.54, 1.807) is 11.0 Å². The number of nitrogens with one attached hydrogen (secondary N) is 2. The molecule has 0 aliphatic heterocycles. The lowest BCUT2D eigenvalue weighted by atomic mass is 9.90. The molecule has 2 N–H and O–H groups in total. The van der Waals surface area contributed by atoms with E-state index in [1.807, 2.05) is 26.0 Å². The van der Waals surface area contributed by atoms with E-state index in [9.17, 15) is 5.41 Å². The Hall–Kier alpha value is -4.83. The van der Waals surface area contributed by atoms with Crippen molar-refractivity contribution < 1.29 is 0 Å². The molecule has 4 heteroatoms. The Morgan fingerprint density at radius 3 is 1.69 bits per heavy atom. The van der Waals surface area contributed by atoms with Gasteiger partial charge in [0.25, 0.3) is 0 Å². The van der Waals surface area contributed by atoms with E-state index >= 15 is 0 Å². The molecule has 0 saturated carbocycles. The first kappa shape index (κ1) is 25.8. The predicted molar refractivity (Wildman–Crippen MR) is 169 cm³/mol. The average Bonchev–Trinajstić information content (AvgIpc) is 2.97. The van der Waals surface area contributed by atoms with E-state index in [4.69, 9.17) is 5.41 Å². The molecule has 192 valence electrons. The summed E-state index contributed by atoms with van der Waals surface area (Å²) in [4.78, 5) is 6.35. The molecule has 0 radical (unpaired) electrons. The number of fused-ring (bicyclic) bond motifs is 2. The predicted octanol–water partition coefficient (Wildman–Crippen LogP) is 9.00. The van der Waals surface area contributed by atoms with Crippen LogP contribution in [0.5, 0.6) is 0 Å². The number of hydrogen-bond acceptors (Lipinski definition) is 3. The third-order valence-electron chi connectivity index (χ3n) is 6.99. The van der Waals surface area contributed by atoms with Crippen LogP contribution in [0.25, 0.3) is 43.8 Å². The summed E-state index contributed by atoms with van der Waals surface area (Å²) in [6, 6.07) is 35.5. The summed E-state index contributed by atoms with van der Waals surface area (Å²) in [5.41, 5.74) is 5.44. The van der Waals surface area contributed by atoms with Crippen molar-refractivity contribution in [3.05, 3.63) is 116 Å². The Kier molecular flexibility index (Phi) is 7.46. The average molecular weight is 509 g/mol. The van der Waals surface area contributed by atoms with E-state index in [0.29, 0.717) is 12.3 Å². The summed E-state index contributed by atoms with van der Waals surface area (Å²) in [7, 11) is 0. The van der Waals surface area contributed by atoms with E-state index in [2.05, 4.69) is 103 Å². The lowest BCUT2D eigenvalue weighted by Crippen LogP contribution is -2.38. The largest absolute Gasteiger partial charge is 0.291 e. The summed E-state index contributed by atoms with van der Waals surface area (Å²) in [5, 5.41) is 22.4. The smallest absolute Gasteiger partial charge is 0.152 e. The molecule has 39 heavy (non-hydrogen) atoms. The maximum atomic E-state index is 9.30. The molecule has 0 aliphatic rings. The van der Waals surface area contributed by atoms with Crippen molar-refractivity contribution >= 4 is 45.1 Å². The summed E-state index contributed by atoms with van der Waals surface area (Å²) in [6.45, 7) is 8.28. The third kappa shape index (κ3) is 4.89. The Bertz CT molecular complexity index is 1620. The van der Waals surface area contributed by atoms with Crippen LogP contribution in [0.4, 0.5) is 5.69 Å². The van der Waals surface area contributed by atoms with Gasteiger partial charge >= 0.3 is 0 Å². The molecular weight excluding hydrogens is 476 g/mol. The first-order valence-electron chi connectivity index (χ1n) is 13.2. The van der Waals surface area contributed by atoms with E-state index in [1.165, 1.54) is 6.34 Å². The maximum absolute atomic E-state index is 9.30. The van der Waals surface area contributed by atoms with Crippen molar-refractivity contribution in [2.75, 3.05) is 11.4 Å². The molecule has 0 aromatic heterocycles. The van der Waals surface area contributed by atoms with Crippen LogP contribution >= 0.6 is 0 Å². The van der Waals surface area contributed by atoms with Crippen molar-refractivity contribution in [3.8, 4) is 22.3 Å². The third-order valence-corrected chi connectivity index (χ3v) is 6.99. The Labute approximate surface area is 230 Å². The molecule has 0 unspecified atom stereocenters. The SMILES string of the molecule is C=CCN=C(C(=N)N(C=N)c1c(-c2cccc3ccccc23)cccc1-c1cccc2ccccc12)C(C)C. The highest BCUT2D eigenvalue weighted by molar-refractivity contribution is 6.49. The highest BCUT2D eigenvalue weighted by atomic mass is 15.2. The summed E-state index contributed by atoms with van der Waals surface area (Å²) in [5.74, 6) is 0.196. The fourth-order valence-corrected chi connectivity index (χ4v) is 5.22. The molecule has 5 aromatic carbocycles. The molecular formula is C35H32N4. The highest BCUT2D eigenvalue weighted by Crippen LogP contribution is 2.43. The number of para-hydroxylation sites is 1. The van der Waals surface area contributed by atoms with Crippen molar-refractivity contribution in [2.24, 2.45) is 10.9 Å². The molecule has 0 heterocycles. The van der Waals surface area contributed by atoms with Crippen LogP contribution in [-0.2, 0) is 0 Å². The molecule has 0 bridgehead atoms. The van der Waals surface area contributed by atoms with Crippen LogP contribution < -0.4 is 4.90 Å². The first-order chi connectivity index (χ1) is 19.0. The van der Waals surface area contributed by atoms with Gasteiger partial charge in [-0.25, -0.2) is 0 Å². The van der Waals surface area contributed by atoms with Gasteiger partial charge in [0, 0.05) is 11.1 Å². The molecule has 5 aromatic rings. The number of anilines is 1. The molecule has 4 nitrogen and oxygen atoms in total. The minimum Gasteiger partial charge on any atom is -0.291 e. The lowest BCUT2D eigenvalue weighted by Gasteiger charge is -2.28. The van der Waals surface area contributed by atoms with E-state index in [0.717, 1.165) is 49.5 Å². The fraction of sp³-hybridized carbons (Fsp3) is 0.114. The van der Waals surface area contributed by atoms with Crippen molar-refractivity contribution in [1.82, 2.24) is 0 Å². The second-order valence-corrected chi connectivity index (χ2v) is 9.77. The molecule has 0 amide bonds. The molecule has 0 aliphatic carbocycles. The van der Waals surface area contributed by atoms with Gasteiger partial charge in [-0.2, -0.15) is 0 Å². The highest BCUT2D eigenvalue weighted by Gasteiger charge is 2.25. The summed E-state index contributed by atoms with van der Waals surface area (Å²) >= 11 is 0. The van der Waals surface area contributed by atoms with Crippen LogP contribution in [-0.4, -0.2) is 24.4 Å². The minimum absolute atomic E-state index is 0.00521. The van der Waals surface area contributed by atoms with Crippen molar-refractivity contribution in [2.45, 2.75) is 13.8 Å². The number of rotatable bonds is 8. The standard InChI is InChI=1S/C35H32N4/c1-4-22-38-33(24(2)3)35(37)39(23-36)34-31(29-18-9-14-25-12-5-7-16-27(25)29)20-11-21-32(34)30-19-10-15-26-13-6-8-17-28(26)30/h4-21,23-24,36-37H,1,22H2,2-3H3. The van der Waals surface area contributed by atoms with Gasteiger partial charge in [0.15, 0.2) is 5.84 Å². The molecule has 0 fully saturated rings. The van der Waals surface area contributed by atoms with Crippen LogP contribution in [0, 0.1) is 16.7 Å². The normalized spacial score (nSPS) is 11.6. The van der Waals surface area contributed by atoms with Gasteiger partial charge in [0.2, 0.25) is 0 Å². The fourth-order valence-electron chi connectivity index (χ4n) is 5.22. The van der Waals surface area contributed by atoms with Crippen LogP contribution in [0.3, 0.4) is 0 Å². The van der Waals surface area contributed by atoms with Crippen molar-refractivity contribution in [3.63, 3.8) is 0 Å². The number of benzene rings is 5. The molecule has 5 rings (SSSR count). The number of aliphatic imine (C=N–C) groups is 1. The van der Waals surface area contributed by atoms with Gasteiger partial charge in [-0.1, -0.05) is 123 Å². The Balaban J connectivity index is 1.85. The van der Waals surface area contributed by atoms with Crippen LogP contribution in [0.15, 0.2) is 121 Å². The van der Waals surface area contributed by atoms with Crippen molar-refractivity contribution in [1.29, 1.82) is 10.8 Å². The summed E-state index contributed by atoms with van der Waals surface area (Å²) < 4.78 is 0. The maximum Gasteiger partial charge on any atom is 0.152 e. The Morgan fingerprint density at radius 1 is 0.744 bits per heavy atom. The lowest BCUT2D eigenvalue weighted by molar-refractivity contribution is 0.884. The monoisotopic (exact) mass is 508 g/mol. The first-order valence-corrected chi connectivity index (χ1v) is 13.2. The molecule has 0 spiro atoms. The number of hydrogen-bond donors (Lipinski definition) is 2. The quantitative estimate of drug-likeness (QED) is 0.123. The van der Waals surface area contributed by atoms with E-state index in [-0.39, 0.29) is 11.8 Å². The van der Waals surface area contributed by atoms with Gasteiger partial charge in [0.1, 0.15) is 0 Å². The zero-order valence-corrected chi connectivity index (χ0v) is 22.4. The summed E-state index contributed by atoms with van der Waals surface area (Å²) in [6.07, 6.45) is 2.97. The number of nitrogens with zero attached hydrogens (tertiary/aromatic N) is 2. The van der Waals surface area contributed by atoms with E-state index < -0.39 is 0 Å². The number of amidine groups is 1. The second-order valence-electron chi connectivity index (χ2n) is 9.77. The van der Waals surface area contributed by atoms with Crippen LogP contribution in [0.1, 0.15) is 13.8 Å².